The molecular weight excluding hydrogens is 332 g/mol. The number of oxazole rings is 1. The van der Waals surface area contributed by atoms with E-state index in [9.17, 15) is 9.90 Å². The quantitative estimate of drug-likeness (QED) is 0.912. The van der Waals surface area contributed by atoms with E-state index in [1.807, 2.05) is 17.0 Å². The lowest BCUT2D eigenvalue weighted by atomic mass is 10.0. The molecule has 1 N–H and O–H groups in total. The number of phenols is 1. The highest BCUT2D eigenvalue weighted by atomic mass is 16.5. The van der Waals surface area contributed by atoms with Gasteiger partial charge in [0.15, 0.2) is 5.89 Å². The SMILES string of the molecule is O=C(CCc1ccc(O)cc1)N1CCc2oc(C3CCOCC3)nc2C1. The van der Waals surface area contributed by atoms with Crippen molar-refractivity contribution in [2.24, 2.45) is 0 Å². The average Bonchev–Trinajstić information content (AvgIpc) is 3.11. The fourth-order valence-corrected chi connectivity index (χ4v) is 3.62. The molecule has 1 aromatic heterocycles. The minimum atomic E-state index is 0.138. The number of hydrogen-bond acceptors (Lipinski definition) is 5. The smallest absolute Gasteiger partial charge is 0.223 e. The van der Waals surface area contributed by atoms with Crippen LogP contribution in [-0.2, 0) is 28.9 Å². The lowest BCUT2D eigenvalue weighted by Crippen LogP contribution is -2.35. The molecule has 2 aromatic rings. The molecule has 0 unspecified atom stereocenters. The first kappa shape index (κ1) is 17.1. The van der Waals surface area contributed by atoms with Crippen molar-refractivity contribution in [2.45, 2.75) is 44.6 Å². The number of nitrogens with zero attached hydrogens (tertiary/aromatic N) is 2. The molecule has 1 amide bonds. The van der Waals surface area contributed by atoms with Gasteiger partial charge >= 0.3 is 0 Å². The lowest BCUT2D eigenvalue weighted by Gasteiger charge is -2.25. The lowest BCUT2D eigenvalue weighted by molar-refractivity contribution is -0.132. The molecule has 1 aromatic carbocycles. The maximum Gasteiger partial charge on any atom is 0.223 e. The fourth-order valence-electron chi connectivity index (χ4n) is 3.62. The van der Waals surface area contributed by atoms with Gasteiger partial charge in [0.2, 0.25) is 5.91 Å². The van der Waals surface area contributed by atoms with Gasteiger partial charge in [0.05, 0.1) is 6.54 Å². The summed E-state index contributed by atoms with van der Waals surface area (Å²) < 4.78 is 11.4. The van der Waals surface area contributed by atoms with Crippen molar-refractivity contribution in [1.82, 2.24) is 9.88 Å². The Labute approximate surface area is 152 Å². The third-order valence-corrected chi connectivity index (χ3v) is 5.23. The summed E-state index contributed by atoms with van der Waals surface area (Å²) in [6, 6.07) is 7.02. The predicted octanol–water partition coefficient (Wildman–Crippen LogP) is 2.79. The predicted molar refractivity (Wildman–Crippen MR) is 94.8 cm³/mol. The van der Waals surface area contributed by atoms with Gasteiger partial charge in [-0.05, 0) is 37.0 Å². The van der Waals surface area contributed by atoms with Gasteiger partial charge < -0.3 is 19.2 Å². The number of amides is 1. The van der Waals surface area contributed by atoms with Crippen LogP contribution in [-0.4, -0.2) is 40.7 Å². The van der Waals surface area contributed by atoms with Crippen molar-refractivity contribution in [1.29, 1.82) is 0 Å². The van der Waals surface area contributed by atoms with Crippen LogP contribution in [0.1, 0.15) is 48.1 Å². The second kappa shape index (κ2) is 7.50. The van der Waals surface area contributed by atoms with Crippen LogP contribution in [0.5, 0.6) is 5.75 Å². The number of phenolic OH excluding ortho intramolecular Hbond substituents is 1. The Morgan fingerprint density at radius 3 is 2.77 bits per heavy atom. The summed E-state index contributed by atoms with van der Waals surface area (Å²) in [6.07, 6.45) is 3.78. The Kier molecular flexibility index (Phi) is 4.93. The molecule has 1 fully saturated rings. The molecule has 6 nitrogen and oxygen atoms in total. The van der Waals surface area contributed by atoms with Gasteiger partial charge in [0.1, 0.15) is 17.2 Å². The van der Waals surface area contributed by atoms with Gasteiger partial charge in [0.25, 0.3) is 0 Å². The monoisotopic (exact) mass is 356 g/mol. The largest absolute Gasteiger partial charge is 0.508 e. The molecule has 4 rings (SSSR count). The molecular formula is C20H24N2O4. The van der Waals surface area contributed by atoms with Gasteiger partial charge in [-0.25, -0.2) is 4.98 Å². The van der Waals surface area contributed by atoms with E-state index in [1.165, 1.54) is 0 Å². The summed E-state index contributed by atoms with van der Waals surface area (Å²) in [5, 5.41) is 9.33. The summed E-state index contributed by atoms with van der Waals surface area (Å²) in [7, 11) is 0. The van der Waals surface area contributed by atoms with Crippen molar-refractivity contribution in [3.8, 4) is 5.75 Å². The molecule has 2 aliphatic heterocycles. The number of fused-ring (bicyclic) bond motifs is 1. The number of aryl methyl sites for hydroxylation is 1. The number of carbonyl (C=O) groups excluding carboxylic acids is 1. The molecule has 0 spiro atoms. The zero-order chi connectivity index (χ0) is 17.9. The molecule has 0 radical (unpaired) electrons. The molecule has 138 valence electrons. The van der Waals surface area contributed by atoms with Crippen molar-refractivity contribution in [3.63, 3.8) is 0 Å². The second-order valence-corrected chi connectivity index (χ2v) is 7.04. The van der Waals surface area contributed by atoms with Gasteiger partial charge in [-0.15, -0.1) is 0 Å². The Bertz CT molecular complexity index is 763. The van der Waals surface area contributed by atoms with Crippen LogP contribution in [0.4, 0.5) is 0 Å². The third-order valence-electron chi connectivity index (χ3n) is 5.23. The minimum absolute atomic E-state index is 0.138. The zero-order valence-corrected chi connectivity index (χ0v) is 14.8. The van der Waals surface area contributed by atoms with Crippen LogP contribution in [0, 0.1) is 0 Å². The Balaban J connectivity index is 1.35. The van der Waals surface area contributed by atoms with Crippen LogP contribution in [0.3, 0.4) is 0 Å². The molecule has 0 bridgehead atoms. The summed E-state index contributed by atoms with van der Waals surface area (Å²) in [5.41, 5.74) is 1.97. The van der Waals surface area contributed by atoms with E-state index in [1.54, 1.807) is 12.1 Å². The van der Waals surface area contributed by atoms with Crippen molar-refractivity contribution in [3.05, 3.63) is 47.2 Å². The molecule has 0 atom stereocenters. The summed E-state index contributed by atoms with van der Waals surface area (Å²) >= 11 is 0. The fraction of sp³-hybridized carbons (Fsp3) is 0.500. The topological polar surface area (TPSA) is 75.8 Å². The summed E-state index contributed by atoms with van der Waals surface area (Å²) in [4.78, 5) is 19.1. The summed E-state index contributed by atoms with van der Waals surface area (Å²) in [6.45, 7) is 2.75. The maximum atomic E-state index is 12.6. The van der Waals surface area contributed by atoms with Crippen LogP contribution in [0.15, 0.2) is 28.7 Å². The van der Waals surface area contributed by atoms with Crippen molar-refractivity contribution in [2.75, 3.05) is 19.8 Å². The van der Waals surface area contributed by atoms with Crippen molar-refractivity contribution >= 4 is 5.91 Å². The average molecular weight is 356 g/mol. The van der Waals surface area contributed by atoms with Crippen LogP contribution < -0.4 is 0 Å². The first-order valence-corrected chi connectivity index (χ1v) is 9.31. The molecule has 0 aliphatic carbocycles. The maximum absolute atomic E-state index is 12.6. The Hall–Kier alpha value is -2.34. The number of aromatic hydroxyl groups is 1. The zero-order valence-electron chi connectivity index (χ0n) is 14.8. The highest BCUT2D eigenvalue weighted by Gasteiger charge is 2.28. The van der Waals surface area contributed by atoms with E-state index in [-0.39, 0.29) is 11.7 Å². The van der Waals surface area contributed by atoms with Gasteiger partial charge in [-0.2, -0.15) is 0 Å². The number of carbonyl (C=O) groups is 1. The first-order valence-electron chi connectivity index (χ1n) is 9.31. The highest BCUT2D eigenvalue weighted by Crippen LogP contribution is 2.30. The minimum Gasteiger partial charge on any atom is -0.508 e. The van der Waals surface area contributed by atoms with Crippen LogP contribution in [0.25, 0.3) is 0 Å². The standard InChI is InChI=1S/C20H24N2O4/c23-16-4-1-14(2-5-16)3-6-19(24)22-10-7-18-17(13-22)21-20(26-18)15-8-11-25-12-9-15/h1-2,4-5,15,23H,3,6-13H2. The first-order chi connectivity index (χ1) is 12.7. The molecule has 3 heterocycles. The van der Waals surface area contributed by atoms with E-state index in [4.69, 9.17) is 14.1 Å². The van der Waals surface area contributed by atoms with Crippen molar-refractivity contribution < 1.29 is 19.1 Å². The number of hydrogen-bond donors (Lipinski definition) is 1. The van der Waals surface area contributed by atoms with E-state index < -0.39 is 0 Å². The number of ether oxygens (including phenoxy) is 1. The summed E-state index contributed by atoms with van der Waals surface area (Å²) in [5.74, 6) is 2.48. The molecule has 0 saturated carbocycles. The Morgan fingerprint density at radius 2 is 2.00 bits per heavy atom. The molecule has 2 aliphatic rings. The third kappa shape index (κ3) is 3.75. The van der Waals surface area contributed by atoms with E-state index >= 15 is 0 Å². The molecule has 6 heteroatoms. The van der Waals surface area contributed by atoms with Gasteiger partial charge in [0, 0.05) is 38.5 Å². The number of rotatable bonds is 4. The van der Waals surface area contributed by atoms with Crippen LogP contribution in [0.2, 0.25) is 0 Å². The molecule has 1 saturated heterocycles. The van der Waals surface area contributed by atoms with E-state index in [0.717, 1.165) is 55.4 Å². The van der Waals surface area contributed by atoms with E-state index in [0.29, 0.717) is 31.8 Å². The Morgan fingerprint density at radius 1 is 1.23 bits per heavy atom. The normalized spacial score (nSPS) is 17.9. The highest BCUT2D eigenvalue weighted by molar-refractivity contribution is 5.76. The number of benzene rings is 1. The van der Waals surface area contributed by atoms with Gasteiger partial charge in [-0.3, -0.25) is 4.79 Å². The van der Waals surface area contributed by atoms with Gasteiger partial charge in [-0.1, -0.05) is 12.1 Å². The molecule has 26 heavy (non-hydrogen) atoms. The van der Waals surface area contributed by atoms with E-state index in [2.05, 4.69) is 0 Å². The van der Waals surface area contributed by atoms with Crippen LogP contribution >= 0.6 is 0 Å². The second-order valence-electron chi connectivity index (χ2n) is 7.04. The number of aromatic nitrogens is 1.